The molecule has 6 heteroatoms. The smallest absolute Gasteiger partial charge is 0.318 e. The summed E-state index contributed by atoms with van der Waals surface area (Å²) in [6.07, 6.45) is 5.21. The molecule has 0 saturated heterocycles. The molecule has 1 aliphatic heterocycles. The molecule has 3 amide bonds. The highest BCUT2D eigenvalue weighted by Gasteiger charge is 2.26. The van der Waals surface area contributed by atoms with Crippen molar-refractivity contribution in [3.63, 3.8) is 0 Å². The van der Waals surface area contributed by atoms with E-state index in [0.717, 1.165) is 25.7 Å². The third-order valence-electron chi connectivity index (χ3n) is 5.38. The summed E-state index contributed by atoms with van der Waals surface area (Å²) in [5.74, 6) is 0.225. The number of amides is 3. The fraction of sp³-hybridized carbons (Fsp3) is 0.579. The van der Waals surface area contributed by atoms with Gasteiger partial charge in [-0.2, -0.15) is 0 Å². The van der Waals surface area contributed by atoms with Crippen LogP contribution >= 0.6 is 0 Å². The highest BCUT2D eigenvalue weighted by Crippen LogP contribution is 2.23. The van der Waals surface area contributed by atoms with Crippen molar-refractivity contribution in [2.45, 2.75) is 44.7 Å². The Bertz CT molecular complexity index is 619. The van der Waals surface area contributed by atoms with Crippen molar-refractivity contribution in [3.8, 4) is 0 Å². The zero-order chi connectivity index (χ0) is 17.6. The SMILES string of the molecule is NCC1CCCCC1NC(=O)CNC(=O)N1CCc2ccccc2C1. The number of hydrogen-bond acceptors (Lipinski definition) is 3. The minimum atomic E-state index is -0.177. The second-order valence-electron chi connectivity index (χ2n) is 7.05. The molecule has 0 aromatic heterocycles. The molecule has 1 heterocycles. The maximum absolute atomic E-state index is 12.3. The van der Waals surface area contributed by atoms with Crippen LogP contribution < -0.4 is 16.4 Å². The number of carbonyl (C=O) groups is 2. The van der Waals surface area contributed by atoms with Gasteiger partial charge in [-0.15, -0.1) is 0 Å². The molecule has 3 rings (SSSR count). The van der Waals surface area contributed by atoms with E-state index in [9.17, 15) is 9.59 Å². The monoisotopic (exact) mass is 344 g/mol. The van der Waals surface area contributed by atoms with E-state index in [0.29, 0.717) is 25.6 Å². The Hall–Kier alpha value is -2.08. The van der Waals surface area contributed by atoms with Gasteiger partial charge < -0.3 is 21.3 Å². The maximum atomic E-state index is 12.3. The van der Waals surface area contributed by atoms with Gasteiger partial charge in [0.25, 0.3) is 0 Å². The van der Waals surface area contributed by atoms with E-state index in [4.69, 9.17) is 5.73 Å². The fourth-order valence-electron chi connectivity index (χ4n) is 3.87. The van der Waals surface area contributed by atoms with Gasteiger partial charge in [0.1, 0.15) is 0 Å². The Morgan fingerprint density at radius 2 is 1.92 bits per heavy atom. The van der Waals surface area contributed by atoms with Gasteiger partial charge in [-0.25, -0.2) is 4.79 Å². The lowest BCUT2D eigenvalue weighted by Crippen LogP contribution is -2.50. The number of rotatable bonds is 4. The molecule has 25 heavy (non-hydrogen) atoms. The molecular weight excluding hydrogens is 316 g/mol. The molecule has 0 bridgehead atoms. The molecule has 0 radical (unpaired) electrons. The van der Waals surface area contributed by atoms with Crippen LogP contribution in [-0.4, -0.2) is 42.5 Å². The van der Waals surface area contributed by atoms with Crippen molar-refractivity contribution >= 4 is 11.9 Å². The van der Waals surface area contributed by atoms with E-state index in [1.54, 1.807) is 4.90 Å². The van der Waals surface area contributed by atoms with E-state index in [-0.39, 0.29) is 24.5 Å². The van der Waals surface area contributed by atoms with Crippen molar-refractivity contribution in [3.05, 3.63) is 35.4 Å². The summed E-state index contributed by atoms with van der Waals surface area (Å²) in [4.78, 5) is 26.3. The van der Waals surface area contributed by atoms with Crippen LogP contribution in [0.15, 0.2) is 24.3 Å². The van der Waals surface area contributed by atoms with Gasteiger partial charge in [-0.1, -0.05) is 37.1 Å². The summed E-state index contributed by atoms with van der Waals surface area (Å²) < 4.78 is 0. The van der Waals surface area contributed by atoms with E-state index in [1.807, 2.05) is 12.1 Å². The van der Waals surface area contributed by atoms with Crippen LogP contribution in [0.2, 0.25) is 0 Å². The van der Waals surface area contributed by atoms with Crippen LogP contribution in [0.4, 0.5) is 4.79 Å². The zero-order valence-corrected chi connectivity index (χ0v) is 14.7. The van der Waals surface area contributed by atoms with Gasteiger partial charge in [-0.3, -0.25) is 4.79 Å². The summed E-state index contributed by atoms with van der Waals surface area (Å²) in [5, 5.41) is 5.79. The molecule has 2 atom stereocenters. The number of nitrogens with two attached hydrogens (primary N) is 1. The summed E-state index contributed by atoms with van der Waals surface area (Å²) in [7, 11) is 0. The largest absolute Gasteiger partial charge is 0.352 e. The Kier molecular flexibility index (Phi) is 5.91. The third kappa shape index (κ3) is 4.51. The number of nitrogens with zero attached hydrogens (tertiary/aromatic N) is 1. The molecule has 6 nitrogen and oxygen atoms in total. The summed E-state index contributed by atoms with van der Waals surface area (Å²) in [5.41, 5.74) is 8.28. The summed E-state index contributed by atoms with van der Waals surface area (Å²) >= 11 is 0. The highest BCUT2D eigenvalue weighted by atomic mass is 16.2. The zero-order valence-electron chi connectivity index (χ0n) is 14.7. The number of carbonyl (C=O) groups excluding carboxylic acids is 2. The number of benzene rings is 1. The quantitative estimate of drug-likeness (QED) is 0.771. The van der Waals surface area contributed by atoms with Crippen LogP contribution in [-0.2, 0) is 17.8 Å². The minimum Gasteiger partial charge on any atom is -0.352 e. The molecule has 1 saturated carbocycles. The lowest BCUT2D eigenvalue weighted by molar-refractivity contribution is -0.121. The maximum Gasteiger partial charge on any atom is 0.318 e. The second-order valence-corrected chi connectivity index (χ2v) is 7.05. The Balaban J connectivity index is 1.45. The molecule has 1 fully saturated rings. The number of nitrogens with one attached hydrogen (secondary N) is 2. The normalized spacial score (nSPS) is 22.8. The minimum absolute atomic E-state index is 0.0186. The Labute approximate surface area is 149 Å². The van der Waals surface area contributed by atoms with E-state index in [1.165, 1.54) is 17.5 Å². The molecule has 4 N–H and O–H groups in total. The van der Waals surface area contributed by atoms with Gasteiger partial charge in [0.15, 0.2) is 0 Å². The van der Waals surface area contributed by atoms with Crippen LogP contribution in [0.3, 0.4) is 0 Å². The van der Waals surface area contributed by atoms with Crippen molar-refractivity contribution in [2.24, 2.45) is 11.7 Å². The molecule has 1 aromatic carbocycles. The predicted molar refractivity (Wildman–Crippen MR) is 96.9 cm³/mol. The molecule has 1 aromatic rings. The van der Waals surface area contributed by atoms with Crippen molar-refractivity contribution in [1.29, 1.82) is 0 Å². The lowest BCUT2D eigenvalue weighted by Gasteiger charge is -2.31. The second kappa shape index (κ2) is 8.34. The molecule has 136 valence electrons. The average molecular weight is 344 g/mol. The van der Waals surface area contributed by atoms with Gasteiger partial charge in [0, 0.05) is 19.1 Å². The average Bonchev–Trinajstić information content (AvgIpc) is 2.66. The summed E-state index contributed by atoms with van der Waals surface area (Å²) in [6, 6.07) is 8.15. The number of hydrogen-bond donors (Lipinski definition) is 3. The first-order chi connectivity index (χ1) is 12.2. The molecular formula is C19H28N4O2. The molecule has 0 spiro atoms. The Morgan fingerprint density at radius 3 is 2.72 bits per heavy atom. The first-order valence-electron chi connectivity index (χ1n) is 9.26. The molecule has 1 aliphatic carbocycles. The third-order valence-corrected chi connectivity index (χ3v) is 5.38. The topological polar surface area (TPSA) is 87.5 Å². The lowest BCUT2D eigenvalue weighted by atomic mass is 9.84. The van der Waals surface area contributed by atoms with Crippen molar-refractivity contribution in [2.75, 3.05) is 19.6 Å². The van der Waals surface area contributed by atoms with E-state index >= 15 is 0 Å². The number of fused-ring (bicyclic) bond motifs is 1. The standard InChI is InChI=1S/C19H28N4O2/c20-11-15-6-3-4-8-17(15)22-18(24)12-21-19(25)23-10-9-14-5-1-2-7-16(14)13-23/h1-2,5,7,15,17H,3-4,6,8-13,20H2,(H,21,25)(H,22,24). The molecule has 2 unspecified atom stereocenters. The first-order valence-corrected chi connectivity index (χ1v) is 9.26. The van der Waals surface area contributed by atoms with Crippen molar-refractivity contribution in [1.82, 2.24) is 15.5 Å². The van der Waals surface area contributed by atoms with Gasteiger partial charge in [0.05, 0.1) is 6.54 Å². The van der Waals surface area contributed by atoms with E-state index < -0.39 is 0 Å². The van der Waals surface area contributed by atoms with Crippen molar-refractivity contribution < 1.29 is 9.59 Å². The van der Waals surface area contributed by atoms with Crippen LogP contribution in [0, 0.1) is 5.92 Å². The number of urea groups is 1. The van der Waals surface area contributed by atoms with Gasteiger partial charge in [-0.05, 0) is 42.9 Å². The van der Waals surface area contributed by atoms with Gasteiger partial charge >= 0.3 is 6.03 Å². The highest BCUT2D eigenvalue weighted by molar-refractivity contribution is 5.84. The van der Waals surface area contributed by atoms with Gasteiger partial charge in [0.2, 0.25) is 5.91 Å². The van der Waals surface area contributed by atoms with E-state index in [2.05, 4.69) is 22.8 Å². The van der Waals surface area contributed by atoms with Crippen LogP contribution in [0.5, 0.6) is 0 Å². The Morgan fingerprint density at radius 1 is 1.16 bits per heavy atom. The fourth-order valence-corrected chi connectivity index (χ4v) is 3.87. The molecule has 2 aliphatic rings. The predicted octanol–water partition coefficient (Wildman–Crippen LogP) is 1.39. The van der Waals surface area contributed by atoms with Crippen LogP contribution in [0.25, 0.3) is 0 Å². The summed E-state index contributed by atoms with van der Waals surface area (Å²) in [6.45, 7) is 1.90. The van der Waals surface area contributed by atoms with Crippen LogP contribution in [0.1, 0.15) is 36.8 Å². The first kappa shape index (κ1) is 17.7.